The van der Waals surface area contributed by atoms with Crippen LogP contribution in [0.2, 0.25) is 0 Å². The lowest BCUT2D eigenvalue weighted by atomic mass is 9.82. The minimum absolute atomic E-state index is 0.128. The average molecular weight is 389 g/mol. The van der Waals surface area contributed by atoms with Gasteiger partial charge in [0.25, 0.3) is 0 Å². The molecule has 0 aromatic heterocycles. The summed E-state index contributed by atoms with van der Waals surface area (Å²) in [6.45, 7) is 13.3. The van der Waals surface area contributed by atoms with Crippen molar-refractivity contribution in [1.82, 2.24) is 0 Å². The first kappa shape index (κ1) is 25.1. The van der Waals surface area contributed by atoms with E-state index in [1.165, 1.54) is 89.0 Å². The van der Waals surface area contributed by atoms with Crippen molar-refractivity contribution in [1.29, 1.82) is 0 Å². The molecule has 0 radical (unpaired) electrons. The Hall–Kier alpha value is -0.980. The largest absolute Gasteiger partial charge is 0.507 e. The number of hydrogen-bond donors (Lipinski definition) is 1. The van der Waals surface area contributed by atoms with E-state index in [2.05, 4.69) is 46.8 Å². The van der Waals surface area contributed by atoms with E-state index in [1.54, 1.807) is 0 Å². The van der Waals surface area contributed by atoms with Crippen molar-refractivity contribution in [2.75, 3.05) is 0 Å². The lowest BCUT2D eigenvalue weighted by Gasteiger charge is -2.23. The third-order valence-corrected chi connectivity index (χ3v) is 6.22. The molecule has 1 unspecified atom stereocenters. The molecule has 162 valence electrons. The lowest BCUT2D eigenvalue weighted by molar-refractivity contribution is 0.451. The molecular formula is C27H48O. The van der Waals surface area contributed by atoms with Crippen LogP contribution in [0.1, 0.15) is 141 Å². The molecule has 1 rings (SSSR count). The van der Waals surface area contributed by atoms with Crippen LogP contribution in [0.3, 0.4) is 0 Å². The van der Waals surface area contributed by atoms with Gasteiger partial charge in [-0.15, -0.1) is 0 Å². The van der Waals surface area contributed by atoms with Gasteiger partial charge >= 0.3 is 0 Å². The quantitative estimate of drug-likeness (QED) is 0.315. The number of hydrogen-bond acceptors (Lipinski definition) is 1. The highest BCUT2D eigenvalue weighted by Gasteiger charge is 2.19. The van der Waals surface area contributed by atoms with Crippen LogP contribution in [0.5, 0.6) is 5.75 Å². The van der Waals surface area contributed by atoms with Crippen molar-refractivity contribution in [2.24, 2.45) is 0 Å². The number of benzene rings is 1. The van der Waals surface area contributed by atoms with Crippen molar-refractivity contribution in [3.8, 4) is 5.75 Å². The Bertz CT molecular complexity index is 538. The summed E-state index contributed by atoms with van der Waals surface area (Å²) in [6, 6.07) is 4.39. The minimum Gasteiger partial charge on any atom is -0.507 e. The van der Waals surface area contributed by atoms with Crippen LogP contribution in [-0.2, 0) is 5.41 Å². The van der Waals surface area contributed by atoms with E-state index < -0.39 is 0 Å². The van der Waals surface area contributed by atoms with Gasteiger partial charge in [-0.2, -0.15) is 0 Å². The fourth-order valence-electron chi connectivity index (χ4n) is 4.06. The Kier molecular flexibility index (Phi) is 11.9. The second-order valence-electron chi connectivity index (χ2n) is 10.1. The van der Waals surface area contributed by atoms with Crippen LogP contribution in [0.4, 0.5) is 0 Å². The van der Waals surface area contributed by atoms with Crippen molar-refractivity contribution < 1.29 is 5.11 Å². The number of rotatable bonds is 14. The van der Waals surface area contributed by atoms with Gasteiger partial charge < -0.3 is 5.11 Å². The molecule has 0 saturated heterocycles. The van der Waals surface area contributed by atoms with Gasteiger partial charge in [-0.05, 0) is 41.4 Å². The first-order chi connectivity index (χ1) is 13.3. The summed E-state index contributed by atoms with van der Waals surface area (Å²) >= 11 is 0. The Balaban J connectivity index is 2.24. The van der Waals surface area contributed by atoms with Crippen LogP contribution in [0.15, 0.2) is 12.1 Å². The molecule has 0 aliphatic heterocycles. The van der Waals surface area contributed by atoms with Crippen molar-refractivity contribution in [2.45, 2.75) is 136 Å². The summed E-state index contributed by atoms with van der Waals surface area (Å²) < 4.78 is 0. The molecule has 0 spiro atoms. The molecule has 0 saturated carbocycles. The van der Waals surface area contributed by atoms with Crippen LogP contribution in [-0.4, -0.2) is 5.11 Å². The summed E-state index contributed by atoms with van der Waals surface area (Å²) in [5.74, 6) is 0.948. The van der Waals surface area contributed by atoms with E-state index in [1.807, 2.05) is 6.92 Å². The normalized spacial score (nSPS) is 13.1. The van der Waals surface area contributed by atoms with Crippen molar-refractivity contribution in [3.05, 3.63) is 28.8 Å². The maximum absolute atomic E-state index is 10.5. The van der Waals surface area contributed by atoms with E-state index in [0.29, 0.717) is 11.7 Å². The monoisotopic (exact) mass is 388 g/mol. The highest BCUT2D eigenvalue weighted by Crippen LogP contribution is 2.36. The van der Waals surface area contributed by atoms with Gasteiger partial charge in [-0.1, -0.05) is 124 Å². The van der Waals surface area contributed by atoms with Gasteiger partial charge in [-0.3, -0.25) is 0 Å². The van der Waals surface area contributed by atoms with E-state index >= 15 is 0 Å². The predicted octanol–water partition coefficient (Wildman–Crippen LogP) is 9.19. The average Bonchev–Trinajstić information content (AvgIpc) is 2.63. The number of aromatic hydroxyl groups is 1. The number of phenols is 1. The van der Waals surface area contributed by atoms with Crippen LogP contribution in [0.25, 0.3) is 0 Å². The van der Waals surface area contributed by atoms with Crippen molar-refractivity contribution >= 4 is 0 Å². The third kappa shape index (κ3) is 9.48. The zero-order valence-electron chi connectivity index (χ0n) is 19.9. The fourth-order valence-corrected chi connectivity index (χ4v) is 4.06. The van der Waals surface area contributed by atoms with Gasteiger partial charge in [0.05, 0.1) is 0 Å². The van der Waals surface area contributed by atoms with E-state index in [-0.39, 0.29) is 5.41 Å². The van der Waals surface area contributed by atoms with Crippen LogP contribution in [0, 0.1) is 6.92 Å². The van der Waals surface area contributed by atoms with Gasteiger partial charge in [0, 0.05) is 0 Å². The molecule has 0 fully saturated rings. The Morgan fingerprint density at radius 2 is 1.25 bits per heavy atom. The molecular weight excluding hydrogens is 340 g/mol. The molecule has 0 aliphatic carbocycles. The van der Waals surface area contributed by atoms with Gasteiger partial charge in [0.1, 0.15) is 5.75 Å². The number of aryl methyl sites for hydroxylation is 1. The molecule has 1 N–H and O–H groups in total. The van der Waals surface area contributed by atoms with E-state index in [0.717, 1.165) is 11.1 Å². The molecule has 0 bridgehead atoms. The number of unbranched alkanes of at least 4 members (excludes halogenated alkanes) is 11. The lowest BCUT2D eigenvalue weighted by Crippen LogP contribution is -2.12. The zero-order chi connectivity index (χ0) is 21.0. The first-order valence-electron chi connectivity index (χ1n) is 12.1. The molecule has 1 atom stereocenters. The summed E-state index contributed by atoms with van der Waals surface area (Å²) in [5.41, 5.74) is 3.62. The second-order valence-corrected chi connectivity index (χ2v) is 10.1. The first-order valence-corrected chi connectivity index (χ1v) is 12.1. The smallest absolute Gasteiger partial charge is 0.121 e. The van der Waals surface area contributed by atoms with Crippen molar-refractivity contribution in [3.63, 3.8) is 0 Å². The van der Waals surface area contributed by atoms with E-state index in [9.17, 15) is 5.11 Å². The molecule has 0 aliphatic rings. The Labute approximate surface area is 176 Å². The third-order valence-electron chi connectivity index (χ3n) is 6.22. The standard InChI is InChI=1S/C27H48O/c1-7-8-9-10-11-12-13-14-15-16-17-18-19-22(2)25-21-24(27(4,5)6)20-23(3)26(25)28/h20-22,28H,7-19H2,1-6H3. The predicted molar refractivity (Wildman–Crippen MR) is 126 cm³/mol. The fraction of sp³-hybridized carbons (Fsp3) is 0.778. The maximum Gasteiger partial charge on any atom is 0.121 e. The highest BCUT2D eigenvalue weighted by molar-refractivity contribution is 5.46. The summed E-state index contributed by atoms with van der Waals surface area (Å²) in [7, 11) is 0. The molecule has 1 aromatic carbocycles. The number of phenolic OH excluding ortho intramolecular Hbond substituents is 1. The topological polar surface area (TPSA) is 20.2 Å². The molecule has 1 heteroatoms. The van der Waals surface area contributed by atoms with Crippen LogP contribution >= 0.6 is 0 Å². The SMILES string of the molecule is CCCCCCCCCCCCCCC(C)c1cc(C(C)(C)C)cc(C)c1O. The molecule has 1 aromatic rings. The molecule has 0 amide bonds. The molecule has 1 nitrogen and oxygen atoms in total. The van der Waals surface area contributed by atoms with Gasteiger partial charge in [0.15, 0.2) is 0 Å². The van der Waals surface area contributed by atoms with E-state index in [4.69, 9.17) is 0 Å². The second kappa shape index (κ2) is 13.3. The van der Waals surface area contributed by atoms with Crippen LogP contribution < -0.4 is 0 Å². The Morgan fingerprint density at radius 3 is 1.71 bits per heavy atom. The van der Waals surface area contributed by atoms with Gasteiger partial charge in [0.2, 0.25) is 0 Å². The summed E-state index contributed by atoms with van der Waals surface area (Å²) in [5, 5.41) is 10.5. The summed E-state index contributed by atoms with van der Waals surface area (Å²) in [4.78, 5) is 0. The Morgan fingerprint density at radius 1 is 0.786 bits per heavy atom. The highest BCUT2D eigenvalue weighted by atomic mass is 16.3. The zero-order valence-corrected chi connectivity index (χ0v) is 19.9. The maximum atomic E-state index is 10.5. The minimum atomic E-state index is 0.128. The molecule has 0 heterocycles. The van der Waals surface area contributed by atoms with Gasteiger partial charge in [-0.25, -0.2) is 0 Å². The summed E-state index contributed by atoms with van der Waals surface area (Å²) in [6.07, 6.45) is 17.9. The molecule has 28 heavy (non-hydrogen) atoms.